The molecular weight excluding hydrogens is 212 g/mol. The Morgan fingerprint density at radius 3 is 3.00 bits per heavy atom. The molecule has 1 aromatic rings. The van der Waals surface area contributed by atoms with E-state index in [-0.39, 0.29) is 0 Å². The SMILES string of the molecule is CCC1CN(c2c(C)cccc2CN)CCO1. The summed E-state index contributed by atoms with van der Waals surface area (Å²) in [5.74, 6) is 0. The second-order valence-corrected chi connectivity index (χ2v) is 4.63. The van der Waals surface area contributed by atoms with Crippen LogP contribution in [0.1, 0.15) is 24.5 Å². The molecule has 1 unspecified atom stereocenters. The number of benzene rings is 1. The lowest BCUT2D eigenvalue weighted by Crippen LogP contribution is -2.43. The number of rotatable bonds is 3. The van der Waals surface area contributed by atoms with Crippen molar-refractivity contribution in [3.63, 3.8) is 0 Å². The molecule has 0 aromatic heterocycles. The van der Waals surface area contributed by atoms with E-state index in [0.29, 0.717) is 12.6 Å². The first-order chi connectivity index (χ1) is 8.26. The van der Waals surface area contributed by atoms with Crippen molar-refractivity contribution in [2.75, 3.05) is 24.6 Å². The summed E-state index contributed by atoms with van der Waals surface area (Å²) < 4.78 is 5.72. The molecule has 3 heteroatoms. The highest BCUT2D eigenvalue weighted by molar-refractivity contribution is 5.59. The molecule has 2 N–H and O–H groups in total. The molecule has 2 rings (SSSR count). The lowest BCUT2D eigenvalue weighted by molar-refractivity contribution is 0.0383. The number of para-hydroxylation sites is 1. The van der Waals surface area contributed by atoms with Gasteiger partial charge in [0.1, 0.15) is 0 Å². The van der Waals surface area contributed by atoms with Crippen molar-refractivity contribution < 1.29 is 4.74 Å². The Morgan fingerprint density at radius 2 is 2.29 bits per heavy atom. The number of morpholine rings is 1. The third-order valence-corrected chi connectivity index (χ3v) is 3.45. The van der Waals surface area contributed by atoms with Crippen LogP contribution in [0.5, 0.6) is 0 Å². The smallest absolute Gasteiger partial charge is 0.0748 e. The predicted molar refractivity (Wildman–Crippen MR) is 71.3 cm³/mol. The number of aryl methyl sites for hydroxylation is 1. The van der Waals surface area contributed by atoms with Crippen molar-refractivity contribution in [3.8, 4) is 0 Å². The largest absolute Gasteiger partial charge is 0.375 e. The molecule has 94 valence electrons. The average Bonchev–Trinajstić information content (AvgIpc) is 2.38. The zero-order chi connectivity index (χ0) is 12.3. The number of ether oxygens (including phenoxy) is 1. The van der Waals surface area contributed by atoms with E-state index < -0.39 is 0 Å². The summed E-state index contributed by atoms with van der Waals surface area (Å²) in [6.45, 7) is 7.70. The van der Waals surface area contributed by atoms with E-state index in [1.807, 2.05) is 0 Å². The zero-order valence-electron chi connectivity index (χ0n) is 10.8. The van der Waals surface area contributed by atoms with Crippen molar-refractivity contribution >= 4 is 5.69 Å². The highest BCUT2D eigenvalue weighted by Gasteiger charge is 2.21. The first-order valence-electron chi connectivity index (χ1n) is 6.41. The van der Waals surface area contributed by atoms with Gasteiger partial charge in [0.05, 0.1) is 12.7 Å². The molecule has 1 aromatic carbocycles. The van der Waals surface area contributed by atoms with E-state index in [1.54, 1.807) is 0 Å². The molecule has 0 bridgehead atoms. The van der Waals surface area contributed by atoms with Gasteiger partial charge in [0.15, 0.2) is 0 Å². The summed E-state index contributed by atoms with van der Waals surface area (Å²) in [5.41, 5.74) is 9.70. The van der Waals surface area contributed by atoms with Gasteiger partial charge in [-0.25, -0.2) is 0 Å². The van der Waals surface area contributed by atoms with Gasteiger partial charge in [0, 0.05) is 25.3 Å². The van der Waals surface area contributed by atoms with Gasteiger partial charge in [0.2, 0.25) is 0 Å². The van der Waals surface area contributed by atoms with Crippen LogP contribution >= 0.6 is 0 Å². The van der Waals surface area contributed by atoms with Crippen LogP contribution in [0.2, 0.25) is 0 Å². The molecule has 0 saturated carbocycles. The number of hydrogen-bond donors (Lipinski definition) is 1. The van der Waals surface area contributed by atoms with Gasteiger partial charge in [0.25, 0.3) is 0 Å². The summed E-state index contributed by atoms with van der Waals surface area (Å²) in [5, 5.41) is 0. The van der Waals surface area contributed by atoms with Gasteiger partial charge < -0.3 is 15.4 Å². The summed E-state index contributed by atoms with van der Waals surface area (Å²) in [7, 11) is 0. The maximum Gasteiger partial charge on any atom is 0.0748 e. The zero-order valence-corrected chi connectivity index (χ0v) is 10.8. The second-order valence-electron chi connectivity index (χ2n) is 4.63. The Morgan fingerprint density at radius 1 is 1.47 bits per heavy atom. The molecule has 3 nitrogen and oxygen atoms in total. The van der Waals surface area contributed by atoms with Gasteiger partial charge >= 0.3 is 0 Å². The van der Waals surface area contributed by atoms with E-state index in [9.17, 15) is 0 Å². The molecule has 1 heterocycles. The molecule has 1 atom stereocenters. The summed E-state index contributed by atoms with van der Waals surface area (Å²) in [4.78, 5) is 2.43. The number of nitrogens with two attached hydrogens (primary N) is 1. The maximum atomic E-state index is 5.84. The monoisotopic (exact) mass is 234 g/mol. The molecule has 0 radical (unpaired) electrons. The maximum absolute atomic E-state index is 5.84. The molecule has 0 aliphatic carbocycles. The highest BCUT2D eigenvalue weighted by Crippen LogP contribution is 2.27. The van der Waals surface area contributed by atoms with Crippen LogP contribution in [-0.2, 0) is 11.3 Å². The molecule has 0 spiro atoms. The van der Waals surface area contributed by atoms with Crippen LogP contribution in [-0.4, -0.2) is 25.8 Å². The van der Waals surface area contributed by atoms with Crippen LogP contribution in [0.3, 0.4) is 0 Å². The number of anilines is 1. The summed E-state index contributed by atoms with van der Waals surface area (Å²) in [6.07, 6.45) is 1.43. The van der Waals surface area contributed by atoms with Crippen LogP contribution in [0.15, 0.2) is 18.2 Å². The fourth-order valence-corrected chi connectivity index (χ4v) is 2.51. The summed E-state index contributed by atoms with van der Waals surface area (Å²) >= 11 is 0. The molecule has 1 fully saturated rings. The third kappa shape index (κ3) is 2.61. The van der Waals surface area contributed by atoms with E-state index >= 15 is 0 Å². The normalized spacial score (nSPS) is 20.6. The van der Waals surface area contributed by atoms with Crippen LogP contribution in [0, 0.1) is 6.92 Å². The number of hydrogen-bond acceptors (Lipinski definition) is 3. The lowest BCUT2D eigenvalue weighted by atomic mass is 10.1. The van der Waals surface area contributed by atoms with Gasteiger partial charge in [-0.05, 0) is 24.5 Å². The quantitative estimate of drug-likeness (QED) is 0.870. The van der Waals surface area contributed by atoms with Gasteiger partial charge in [-0.1, -0.05) is 25.1 Å². The van der Waals surface area contributed by atoms with E-state index in [2.05, 4.69) is 36.9 Å². The lowest BCUT2D eigenvalue weighted by Gasteiger charge is -2.36. The van der Waals surface area contributed by atoms with Crippen molar-refractivity contribution in [3.05, 3.63) is 29.3 Å². The van der Waals surface area contributed by atoms with Crippen molar-refractivity contribution in [1.29, 1.82) is 0 Å². The van der Waals surface area contributed by atoms with E-state index in [0.717, 1.165) is 26.1 Å². The fraction of sp³-hybridized carbons (Fsp3) is 0.571. The first kappa shape index (κ1) is 12.4. The minimum atomic E-state index is 0.356. The average molecular weight is 234 g/mol. The Labute approximate surface area is 104 Å². The molecule has 1 aliphatic rings. The van der Waals surface area contributed by atoms with Gasteiger partial charge in [-0.2, -0.15) is 0 Å². The Balaban J connectivity index is 2.26. The number of nitrogens with zero attached hydrogens (tertiary/aromatic N) is 1. The van der Waals surface area contributed by atoms with Crippen LogP contribution in [0.25, 0.3) is 0 Å². The summed E-state index contributed by atoms with van der Waals surface area (Å²) in [6, 6.07) is 6.36. The first-order valence-corrected chi connectivity index (χ1v) is 6.41. The second kappa shape index (κ2) is 5.52. The highest BCUT2D eigenvalue weighted by atomic mass is 16.5. The standard InChI is InChI=1S/C14H22N2O/c1-3-13-10-16(7-8-17-13)14-11(2)5-4-6-12(14)9-15/h4-6,13H,3,7-10,15H2,1-2H3. The molecular formula is C14H22N2O. The Kier molecular flexibility index (Phi) is 4.02. The van der Waals surface area contributed by atoms with Gasteiger partial charge in [-0.15, -0.1) is 0 Å². The van der Waals surface area contributed by atoms with Gasteiger partial charge in [-0.3, -0.25) is 0 Å². The molecule has 17 heavy (non-hydrogen) atoms. The minimum Gasteiger partial charge on any atom is -0.375 e. The minimum absolute atomic E-state index is 0.356. The van der Waals surface area contributed by atoms with Crippen molar-refractivity contribution in [2.24, 2.45) is 5.73 Å². The molecule has 0 amide bonds. The Hall–Kier alpha value is -1.06. The van der Waals surface area contributed by atoms with Crippen LogP contribution in [0.4, 0.5) is 5.69 Å². The van der Waals surface area contributed by atoms with Crippen LogP contribution < -0.4 is 10.6 Å². The predicted octanol–water partition coefficient (Wildman–Crippen LogP) is 2.07. The van der Waals surface area contributed by atoms with E-state index in [4.69, 9.17) is 10.5 Å². The Bertz CT molecular complexity index is 378. The fourth-order valence-electron chi connectivity index (χ4n) is 2.51. The van der Waals surface area contributed by atoms with Crippen molar-refractivity contribution in [2.45, 2.75) is 32.9 Å². The van der Waals surface area contributed by atoms with E-state index in [1.165, 1.54) is 16.8 Å². The molecule has 1 aliphatic heterocycles. The topological polar surface area (TPSA) is 38.5 Å². The third-order valence-electron chi connectivity index (χ3n) is 3.45. The molecule has 1 saturated heterocycles. The van der Waals surface area contributed by atoms with Crippen molar-refractivity contribution in [1.82, 2.24) is 0 Å².